The summed E-state index contributed by atoms with van der Waals surface area (Å²) in [6, 6.07) is 40.8. The van der Waals surface area contributed by atoms with Crippen LogP contribution in [0.5, 0.6) is 0 Å². The van der Waals surface area contributed by atoms with Gasteiger partial charge in [-0.25, -0.2) is 15.0 Å². The molecule has 2 aromatic heterocycles. The summed E-state index contributed by atoms with van der Waals surface area (Å²) in [6.45, 7) is 0. The van der Waals surface area contributed by atoms with Crippen LogP contribution in [0.1, 0.15) is 9.60 Å². The Labute approximate surface area is 304 Å². The minimum atomic E-state index is -0.448. The van der Waals surface area contributed by atoms with Gasteiger partial charge in [0.25, 0.3) is 0 Å². The molecule has 0 bridgehead atoms. The highest BCUT2D eigenvalue weighted by atomic mass is 16.3. The van der Waals surface area contributed by atoms with E-state index in [0.29, 0.717) is 56.1 Å². The van der Waals surface area contributed by atoms with Gasteiger partial charge in [0, 0.05) is 27.5 Å². The third-order valence-electron chi connectivity index (χ3n) is 9.27. The molecule has 0 saturated heterocycles. The summed E-state index contributed by atoms with van der Waals surface area (Å²) in [4.78, 5) is 15.4. The predicted molar refractivity (Wildman–Crippen MR) is 209 cm³/mol. The molecular formula is C47H29N3O. The molecule has 8 aromatic carbocycles. The molecular weight excluding hydrogens is 623 g/mol. The molecule has 0 saturated carbocycles. The van der Waals surface area contributed by atoms with Gasteiger partial charge in [0.05, 0.1) is 9.60 Å². The molecule has 4 nitrogen and oxygen atoms in total. The van der Waals surface area contributed by atoms with E-state index in [1.165, 1.54) is 6.07 Å². The van der Waals surface area contributed by atoms with Gasteiger partial charge in [-0.15, -0.1) is 0 Å². The highest BCUT2D eigenvalue weighted by molar-refractivity contribution is 6.15. The molecule has 0 aliphatic rings. The number of fused-ring (bicyclic) bond motifs is 5. The van der Waals surface area contributed by atoms with E-state index in [0.717, 1.165) is 38.2 Å². The van der Waals surface area contributed by atoms with Crippen LogP contribution in [0.2, 0.25) is 0 Å². The topological polar surface area (TPSA) is 51.8 Å². The van der Waals surface area contributed by atoms with Crippen LogP contribution in [-0.4, -0.2) is 15.0 Å². The Morgan fingerprint density at radius 3 is 1.67 bits per heavy atom. The molecule has 0 spiro atoms. The molecule has 10 rings (SSSR count). The third kappa shape index (κ3) is 5.13. The summed E-state index contributed by atoms with van der Waals surface area (Å²) < 4.78 is 65.2. The standard InChI is InChI=1S/C47H29N3O/c1-2-10-30(11-3-1)33-18-22-34(23-19-33)39-26-27-42-43(40-16-8-9-17-41(40)51-42)44(39)47-49-45(37-24-20-31-12-4-6-14-35(31)28-37)48-46(50-47)38-25-21-32-13-5-7-15-36(32)29-38/h1-29H/i1D,2D,3D,8D,10D,11D,17D. The molecule has 0 amide bonds. The lowest BCUT2D eigenvalue weighted by Crippen LogP contribution is -2.01. The second kappa shape index (κ2) is 11.9. The average Bonchev–Trinajstić information content (AvgIpc) is 3.63. The van der Waals surface area contributed by atoms with Crippen molar-refractivity contribution < 1.29 is 14.0 Å². The SMILES string of the molecule is [2H]c1cc([2H])c2oc3ccc(-c4ccc(-c5c([2H])c([2H])c([2H])c([2H])c5[2H])cc4)c(-c4nc(-c5ccc6ccccc6c5)nc(-c5ccc6ccccc6c5)n4)c3c2c1. The molecule has 0 aliphatic heterocycles. The molecule has 0 aliphatic carbocycles. The number of hydrogen-bond donors (Lipinski definition) is 0. The second-order valence-corrected chi connectivity index (χ2v) is 12.3. The van der Waals surface area contributed by atoms with Crippen LogP contribution >= 0.6 is 0 Å². The van der Waals surface area contributed by atoms with Crippen LogP contribution in [0.15, 0.2) is 180 Å². The lowest BCUT2D eigenvalue weighted by Gasteiger charge is -2.14. The molecule has 0 fully saturated rings. The van der Waals surface area contributed by atoms with Crippen LogP contribution < -0.4 is 0 Å². The molecule has 10 aromatic rings. The molecule has 0 radical (unpaired) electrons. The monoisotopic (exact) mass is 658 g/mol. The van der Waals surface area contributed by atoms with Gasteiger partial charge >= 0.3 is 0 Å². The largest absolute Gasteiger partial charge is 0.456 e. The average molecular weight is 659 g/mol. The Morgan fingerprint density at radius 2 is 1.00 bits per heavy atom. The fourth-order valence-electron chi connectivity index (χ4n) is 6.78. The Hall–Kier alpha value is -6.91. The van der Waals surface area contributed by atoms with Crippen molar-refractivity contribution in [2.24, 2.45) is 0 Å². The quantitative estimate of drug-likeness (QED) is 0.185. The van der Waals surface area contributed by atoms with Crippen molar-refractivity contribution in [2.45, 2.75) is 0 Å². The maximum Gasteiger partial charge on any atom is 0.165 e. The van der Waals surface area contributed by atoms with Crippen molar-refractivity contribution in [1.29, 1.82) is 0 Å². The number of nitrogens with zero attached hydrogens (tertiary/aromatic N) is 3. The van der Waals surface area contributed by atoms with Crippen molar-refractivity contribution in [3.05, 3.63) is 176 Å². The summed E-state index contributed by atoms with van der Waals surface area (Å²) in [5.41, 5.74) is 5.02. The van der Waals surface area contributed by atoms with Crippen molar-refractivity contribution in [3.8, 4) is 56.4 Å². The van der Waals surface area contributed by atoms with Crippen LogP contribution in [0.25, 0.3) is 99.9 Å². The first-order chi connectivity index (χ1) is 28.1. The van der Waals surface area contributed by atoms with E-state index in [2.05, 4.69) is 24.3 Å². The minimum Gasteiger partial charge on any atom is -0.456 e. The minimum absolute atomic E-state index is 0.0820. The molecule has 4 heteroatoms. The lowest BCUT2D eigenvalue weighted by atomic mass is 9.93. The van der Waals surface area contributed by atoms with E-state index in [4.69, 9.17) is 29.0 Å². The highest BCUT2D eigenvalue weighted by Crippen LogP contribution is 2.43. The molecule has 51 heavy (non-hydrogen) atoms. The number of aromatic nitrogens is 3. The van der Waals surface area contributed by atoms with Gasteiger partial charge in [-0.05, 0) is 74.1 Å². The third-order valence-corrected chi connectivity index (χ3v) is 9.27. The molecule has 238 valence electrons. The van der Waals surface area contributed by atoms with E-state index in [1.807, 2.05) is 84.9 Å². The van der Waals surface area contributed by atoms with Crippen molar-refractivity contribution >= 4 is 43.5 Å². The number of furan rings is 1. The zero-order valence-corrected chi connectivity index (χ0v) is 27.0. The maximum absolute atomic E-state index is 8.71. The number of para-hydroxylation sites is 1. The molecule has 0 unspecified atom stereocenters. The number of benzene rings is 8. The summed E-state index contributed by atoms with van der Waals surface area (Å²) in [5, 5.41) is 5.42. The highest BCUT2D eigenvalue weighted by Gasteiger charge is 2.22. The van der Waals surface area contributed by atoms with E-state index in [-0.39, 0.29) is 29.7 Å². The van der Waals surface area contributed by atoms with Gasteiger partial charge < -0.3 is 4.42 Å². The van der Waals surface area contributed by atoms with Crippen LogP contribution in [0.3, 0.4) is 0 Å². The molecule has 0 atom stereocenters. The van der Waals surface area contributed by atoms with E-state index in [9.17, 15) is 0 Å². The first-order valence-corrected chi connectivity index (χ1v) is 16.5. The van der Waals surface area contributed by atoms with Crippen molar-refractivity contribution in [2.75, 3.05) is 0 Å². The second-order valence-electron chi connectivity index (χ2n) is 12.3. The van der Waals surface area contributed by atoms with Crippen molar-refractivity contribution in [1.82, 2.24) is 15.0 Å². The smallest absolute Gasteiger partial charge is 0.165 e. The zero-order chi connectivity index (χ0) is 39.8. The molecule has 0 N–H and O–H groups in total. The van der Waals surface area contributed by atoms with Crippen LogP contribution in [0.4, 0.5) is 0 Å². The molecule has 2 heterocycles. The maximum atomic E-state index is 8.71. The van der Waals surface area contributed by atoms with E-state index >= 15 is 0 Å². The number of rotatable bonds is 5. The van der Waals surface area contributed by atoms with Gasteiger partial charge in [0.2, 0.25) is 0 Å². The first kappa shape index (κ1) is 22.7. The van der Waals surface area contributed by atoms with Crippen LogP contribution in [-0.2, 0) is 0 Å². The number of hydrogen-bond acceptors (Lipinski definition) is 4. The fourth-order valence-corrected chi connectivity index (χ4v) is 6.78. The summed E-state index contributed by atoms with van der Waals surface area (Å²) >= 11 is 0. The zero-order valence-electron chi connectivity index (χ0n) is 34.0. The van der Waals surface area contributed by atoms with Gasteiger partial charge in [-0.2, -0.15) is 0 Å². The Morgan fingerprint density at radius 1 is 0.412 bits per heavy atom. The normalized spacial score (nSPS) is 13.5. The van der Waals surface area contributed by atoms with Gasteiger partial charge in [-0.1, -0.05) is 145 Å². The Kier molecular flexibility index (Phi) is 5.29. The lowest BCUT2D eigenvalue weighted by molar-refractivity contribution is 0.669. The van der Waals surface area contributed by atoms with Crippen molar-refractivity contribution in [3.63, 3.8) is 0 Å². The fraction of sp³-hybridized carbons (Fsp3) is 0. The van der Waals surface area contributed by atoms with Gasteiger partial charge in [0.1, 0.15) is 11.2 Å². The summed E-state index contributed by atoms with van der Waals surface area (Å²) in [5.74, 6) is 1.25. The van der Waals surface area contributed by atoms with E-state index in [1.54, 1.807) is 18.2 Å². The van der Waals surface area contributed by atoms with E-state index < -0.39 is 18.1 Å². The van der Waals surface area contributed by atoms with Crippen LogP contribution in [0, 0.1) is 0 Å². The summed E-state index contributed by atoms with van der Waals surface area (Å²) in [6.07, 6.45) is 0. The summed E-state index contributed by atoms with van der Waals surface area (Å²) in [7, 11) is 0. The first-order valence-electron chi connectivity index (χ1n) is 20.0. The van der Waals surface area contributed by atoms with Gasteiger partial charge in [0.15, 0.2) is 17.5 Å². The predicted octanol–water partition coefficient (Wildman–Crippen LogP) is 12.4. The van der Waals surface area contributed by atoms with Gasteiger partial charge in [-0.3, -0.25) is 0 Å². The Bertz CT molecular complexity index is 3200. The Balaban J connectivity index is 1.26.